The highest BCUT2D eigenvalue weighted by Crippen LogP contribution is 2.31. The van der Waals surface area contributed by atoms with Crippen molar-refractivity contribution >= 4 is 0 Å². The fourth-order valence-electron chi connectivity index (χ4n) is 3.86. The summed E-state index contributed by atoms with van der Waals surface area (Å²) in [6.07, 6.45) is 7.16. The molecule has 6 atom stereocenters. The number of hydrogen-bond donors (Lipinski definition) is 4. The molecule has 3 aliphatic heterocycles. The number of nitrogens with one attached hydrogen (secondary N) is 2. The van der Waals surface area contributed by atoms with E-state index in [2.05, 4.69) is 10.6 Å². The van der Waals surface area contributed by atoms with Gasteiger partial charge in [-0.3, -0.25) is 0 Å². The van der Waals surface area contributed by atoms with Crippen molar-refractivity contribution in [1.82, 2.24) is 10.6 Å². The summed E-state index contributed by atoms with van der Waals surface area (Å²) in [5, 5.41) is 25.3. The Hall–Kier alpha value is -0.200. The third-order valence-electron chi connectivity index (χ3n) is 4.98. The molecule has 0 saturated carbocycles. The molecule has 0 bridgehead atoms. The van der Waals surface area contributed by atoms with E-state index < -0.39 is 0 Å². The van der Waals surface area contributed by atoms with Crippen LogP contribution in [-0.4, -0.2) is 59.8 Å². The lowest BCUT2D eigenvalue weighted by molar-refractivity contribution is 0.00835. The molecule has 0 spiro atoms. The third-order valence-corrected chi connectivity index (χ3v) is 4.98. The van der Waals surface area contributed by atoms with Crippen molar-refractivity contribution in [2.45, 2.75) is 74.9 Å². The van der Waals surface area contributed by atoms with Crippen molar-refractivity contribution in [3.05, 3.63) is 0 Å². The first-order valence-corrected chi connectivity index (χ1v) is 7.69. The van der Waals surface area contributed by atoms with Crippen LogP contribution >= 0.6 is 0 Å². The Bertz CT molecular complexity index is 274. The average molecular weight is 270 g/mol. The molecule has 0 amide bonds. The summed E-state index contributed by atoms with van der Waals surface area (Å²) in [4.78, 5) is 0. The Labute approximate surface area is 114 Å². The molecule has 0 aromatic rings. The highest BCUT2D eigenvalue weighted by molar-refractivity contribution is 4.96. The fourth-order valence-corrected chi connectivity index (χ4v) is 3.86. The highest BCUT2D eigenvalue weighted by Gasteiger charge is 2.40. The lowest BCUT2D eigenvalue weighted by Crippen LogP contribution is -2.43. The Morgan fingerprint density at radius 2 is 1.21 bits per heavy atom. The molecule has 110 valence electrons. The number of hydrogen-bond acceptors (Lipinski definition) is 5. The molecule has 5 nitrogen and oxygen atoms in total. The first-order valence-electron chi connectivity index (χ1n) is 7.69. The van der Waals surface area contributed by atoms with Gasteiger partial charge in [-0.15, -0.1) is 0 Å². The minimum Gasteiger partial charge on any atom is -0.395 e. The van der Waals surface area contributed by atoms with Gasteiger partial charge in [0.15, 0.2) is 0 Å². The van der Waals surface area contributed by atoms with Gasteiger partial charge in [-0.2, -0.15) is 0 Å². The molecule has 19 heavy (non-hydrogen) atoms. The molecule has 5 heteroatoms. The van der Waals surface area contributed by atoms with Gasteiger partial charge in [-0.05, 0) is 38.5 Å². The van der Waals surface area contributed by atoms with Crippen LogP contribution in [0.15, 0.2) is 0 Å². The summed E-state index contributed by atoms with van der Waals surface area (Å²) in [7, 11) is 0. The quantitative estimate of drug-likeness (QED) is 0.567. The summed E-state index contributed by atoms with van der Waals surface area (Å²) in [6, 6.07) is 1.35. The lowest BCUT2D eigenvalue weighted by atomic mass is 10.0. The van der Waals surface area contributed by atoms with Crippen LogP contribution in [0.1, 0.15) is 38.5 Å². The predicted molar refractivity (Wildman–Crippen MR) is 72.0 cm³/mol. The van der Waals surface area contributed by atoms with E-state index in [0.717, 1.165) is 38.5 Å². The van der Waals surface area contributed by atoms with E-state index in [1.54, 1.807) is 0 Å². The second-order valence-electron chi connectivity index (χ2n) is 6.25. The van der Waals surface area contributed by atoms with Gasteiger partial charge in [0.2, 0.25) is 0 Å². The van der Waals surface area contributed by atoms with Gasteiger partial charge < -0.3 is 25.6 Å². The first kappa shape index (κ1) is 13.8. The van der Waals surface area contributed by atoms with Gasteiger partial charge in [0.25, 0.3) is 0 Å². The third kappa shape index (κ3) is 2.95. The summed E-state index contributed by atoms with van der Waals surface area (Å²) in [6.45, 7) is 0.462. The zero-order valence-corrected chi connectivity index (χ0v) is 11.4. The van der Waals surface area contributed by atoms with E-state index in [0.29, 0.717) is 24.3 Å². The molecule has 3 fully saturated rings. The molecule has 4 N–H and O–H groups in total. The average Bonchev–Trinajstić information content (AvgIpc) is 3.16. The zero-order valence-electron chi connectivity index (χ0n) is 11.4. The second kappa shape index (κ2) is 6.06. The van der Waals surface area contributed by atoms with Crippen LogP contribution in [-0.2, 0) is 4.74 Å². The van der Waals surface area contributed by atoms with Crippen LogP contribution in [0, 0.1) is 0 Å². The molecule has 0 aromatic heterocycles. The molecule has 0 unspecified atom stereocenters. The normalized spacial score (nSPS) is 47.1. The van der Waals surface area contributed by atoms with Crippen LogP contribution in [0.2, 0.25) is 0 Å². The highest BCUT2D eigenvalue weighted by atomic mass is 16.5. The van der Waals surface area contributed by atoms with Gasteiger partial charge in [-0.1, -0.05) is 0 Å². The maximum absolute atomic E-state index is 9.17. The van der Waals surface area contributed by atoms with Gasteiger partial charge >= 0.3 is 0 Å². The molecule has 0 radical (unpaired) electrons. The SMILES string of the molecule is OC[C@@H]1CC[C@@H]([C@@H]2CC[C@@H]([C@@H]3CC[C@@H](CO)N3)O2)N1. The Morgan fingerprint density at radius 3 is 1.58 bits per heavy atom. The second-order valence-corrected chi connectivity index (χ2v) is 6.25. The van der Waals surface area contributed by atoms with Gasteiger partial charge in [0, 0.05) is 24.2 Å². The number of aliphatic hydroxyl groups excluding tert-OH is 2. The molecule has 3 heterocycles. The number of ether oxygens (including phenoxy) is 1. The van der Waals surface area contributed by atoms with E-state index >= 15 is 0 Å². The Kier molecular flexibility index (Phi) is 4.39. The van der Waals surface area contributed by atoms with E-state index in [4.69, 9.17) is 4.74 Å². The van der Waals surface area contributed by atoms with Crippen molar-refractivity contribution in [2.24, 2.45) is 0 Å². The number of rotatable bonds is 4. The molecule has 0 aliphatic carbocycles. The summed E-state index contributed by atoms with van der Waals surface area (Å²) >= 11 is 0. The van der Waals surface area contributed by atoms with Crippen LogP contribution in [0.4, 0.5) is 0 Å². The predicted octanol–water partition coefficient (Wildman–Crippen LogP) is -0.240. The molecular formula is C14H26N2O3. The lowest BCUT2D eigenvalue weighted by Gasteiger charge is -2.24. The van der Waals surface area contributed by atoms with Crippen LogP contribution in [0.5, 0.6) is 0 Å². The van der Waals surface area contributed by atoms with Crippen molar-refractivity contribution in [3.8, 4) is 0 Å². The first-order chi connectivity index (χ1) is 9.30. The summed E-state index contributed by atoms with van der Waals surface area (Å²) in [5.41, 5.74) is 0. The smallest absolute Gasteiger partial charge is 0.0733 e. The number of aliphatic hydroxyl groups is 2. The van der Waals surface area contributed by atoms with Crippen LogP contribution in [0.3, 0.4) is 0 Å². The monoisotopic (exact) mass is 270 g/mol. The summed E-state index contributed by atoms with van der Waals surface area (Å²) in [5.74, 6) is 0. The van der Waals surface area contributed by atoms with E-state index in [1.165, 1.54) is 0 Å². The molecular weight excluding hydrogens is 244 g/mol. The van der Waals surface area contributed by atoms with Crippen LogP contribution < -0.4 is 10.6 Å². The zero-order chi connectivity index (χ0) is 13.2. The van der Waals surface area contributed by atoms with Gasteiger partial charge in [0.1, 0.15) is 0 Å². The minimum atomic E-state index is 0.231. The minimum absolute atomic E-state index is 0.231. The van der Waals surface area contributed by atoms with Crippen molar-refractivity contribution in [1.29, 1.82) is 0 Å². The van der Waals surface area contributed by atoms with Crippen molar-refractivity contribution < 1.29 is 14.9 Å². The molecule has 3 saturated heterocycles. The standard InChI is InChI=1S/C14H26N2O3/c17-7-9-1-3-11(15-9)13-5-6-14(19-13)12-4-2-10(8-18)16-12/h9-18H,1-8H2/t9-,10-,11-,12-,13-,14-/m0/s1. The largest absolute Gasteiger partial charge is 0.395 e. The van der Waals surface area contributed by atoms with Crippen molar-refractivity contribution in [3.63, 3.8) is 0 Å². The molecule has 0 aromatic carbocycles. The van der Waals surface area contributed by atoms with Crippen LogP contribution in [0.25, 0.3) is 0 Å². The maximum atomic E-state index is 9.17. The maximum Gasteiger partial charge on any atom is 0.0733 e. The van der Waals surface area contributed by atoms with E-state index in [9.17, 15) is 10.2 Å². The summed E-state index contributed by atoms with van der Waals surface area (Å²) < 4.78 is 6.23. The molecule has 3 rings (SSSR count). The van der Waals surface area contributed by atoms with Gasteiger partial charge in [0.05, 0.1) is 25.4 Å². The van der Waals surface area contributed by atoms with E-state index in [-0.39, 0.29) is 25.3 Å². The topological polar surface area (TPSA) is 73.8 Å². The Morgan fingerprint density at radius 1 is 0.737 bits per heavy atom. The van der Waals surface area contributed by atoms with Crippen molar-refractivity contribution in [2.75, 3.05) is 13.2 Å². The molecule has 3 aliphatic rings. The fraction of sp³-hybridized carbons (Fsp3) is 1.00. The van der Waals surface area contributed by atoms with Gasteiger partial charge in [-0.25, -0.2) is 0 Å². The Balaban J connectivity index is 1.48. The van der Waals surface area contributed by atoms with E-state index in [1.807, 2.05) is 0 Å².